The SMILES string of the molecule is COc1cc(C(C)C)ccc1C.Cc1cc(F)c(C(C)C)cc1Cl.Cc1ccc(C(C)C)c(F)c1Cl.Cc1ccc(C(C)C)cc1.Cc1ccc(C(C)C)cc1C.Cc1ccc(C(C)C)cc1C(F)(F)F.Cc1ccc(C(C)C)cc1C(F)(F)F.Cc1ccc(C(C)C)cc1Cl.Cc1ccc(C(C)C)cc1F.Cc1ncc(C(C)C)cc1C(F)(F)F.Cc1ncc(C(C)C)cc1Cl. The normalized spacial score (nSPS) is 11.1. The summed E-state index contributed by atoms with van der Waals surface area (Å²) in [7, 11) is 1.71. The summed E-state index contributed by atoms with van der Waals surface area (Å²) in [5, 5.41) is 2.52. The number of alkyl halides is 9. The molecule has 0 aliphatic heterocycles. The van der Waals surface area contributed by atoms with Crippen LogP contribution in [0.1, 0.15) is 362 Å². The molecule has 726 valence electrons. The molecule has 11 aromatic rings. The first-order valence-electron chi connectivity index (χ1n) is 45.0. The minimum Gasteiger partial charge on any atom is -0.496 e. The van der Waals surface area contributed by atoms with Gasteiger partial charge < -0.3 is 4.74 Å². The Morgan fingerprint density at radius 3 is 0.939 bits per heavy atom. The Kier molecular flexibility index (Phi) is 52.7. The van der Waals surface area contributed by atoms with Crippen LogP contribution in [0.5, 0.6) is 5.75 Å². The van der Waals surface area contributed by atoms with Gasteiger partial charge in [-0.2, -0.15) is 39.5 Å². The molecule has 0 aliphatic rings. The highest BCUT2D eigenvalue weighted by atomic mass is 35.5. The smallest absolute Gasteiger partial charge is 0.418 e. The second-order valence-electron chi connectivity index (χ2n) is 36.8. The third kappa shape index (κ3) is 43.0. The molecule has 3 nitrogen and oxygen atoms in total. The fourth-order valence-electron chi connectivity index (χ4n) is 12.0. The molecular formula is C113H146Cl4F12N2O. The molecule has 11 rings (SSSR count). The number of aryl methyl sites for hydroxylation is 12. The molecule has 0 spiro atoms. The van der Waals surface area contributed by atoms with Gasteiger partial charge in [-0.3, -0.25) is 9.97 Å². The largest absolute Gasteiger partial charge is 0.496 e. The van der Waals surface area contributed by atoms with Crippen LogP contribution in [0.4, 0.5) is 52.7 Å². The van der Waals surface area contributed by atoms with Gasteiger partial charge in [0.25, 0.3) is 0 Å². The van der Waals surface area contributed by atoms with Crippen LogP contribution in [0.25, 0.3) is 0 Å². The number of hydrogen-bond acceptors (Lipinski definition) is 3. The molecule has 0 amide bonds. The van der Waals surface area contributed by atoms with Crippen LogP contribution in [-0.2, 0) is 18.5 Å². The quantitative estimate of drug-likeness (QED) is 0.114. The number of ether oxygens (including phenoxy) is 1. The summed E-state index contributed by atoms with van der Waals surface area (Å²) in [5.74, 6) is 4.47. The number of hydrogen-bond donors (Lipinski definition) is 0. The summed E-state index contributed by atoms with van der Waals surface area (Å²) in [4.78, 5) is 7.91. The van der Waals surface area contributed by atoms with E-state index in [0.717, 1.165) is 60.4 Å². The predicted octanol–water partition coefficient (Wildman–Crippen LogP) is 39.5. The van der Waals surface area contributed by atoms with Crippen molar-refractivity contribution in [2.45, 2.75) is 319 Å². The molecule has 0 fully saturated rings. The molecule has 2 aromatic heterocycles. The Balaban J connectivity index is 0.000000727. The van der Waals surface area contributed by atoms with E-state index in [1.54, 1.807) is 58.2 Å². The molecule has 0 bridgehead atoms. The lowest BCUT2D eigenvalue weighted by molar-refractivity contribution is -0.139. The fourth-order valence-corrected chi connectivity index (χ4v) is 12.7. The van der Waals surface area contributed by atoms with Gasteiger partial charge in [-0.25, -0.2) is 13.2 Å². The van der Waals surface area contributed by atoms with E-state index in [4.69, 9.17) is 51.1 Å². The number of nitrogens with zero attached hydrogens (tertiary/aromatic N) is 2. The molecule has 0 radical (unpaired) electrons. The number of aromatic nitrogens is 2. The van der Waals surface area contributed by atoms with Gasteiger partial charge in [0.1, 0.15) is 23.2 Å². The van der Waals surface area contributed by atoms with E-state index < -0.39 is 35.2 Å². The minimum atomic E-state index is -4.30. The molecule has 0 atom stereocenters. The van der Waals surface area contributed by atoms with E-state index in [1.807, 2.05) is 120 Å². The summed E-state index contributed by atoms with van der Waals surface area (Å²) in [6.45, 7) is 67.1. The van der Waals surface area contributed by atoms with E-state index >= 15 is 0 Å². The van der Waals surface area contributed by atoms with Gasteiger partial charge in [0.2, 0.25) is 0 Å². The summed E-state index contributed by atoms with van der Waals surface area (Å²) in [6.07, 6.45) is -9.41. The van der Waals surface area contributed by atoms with Crippen LogP contribution in [-0.4, -0.2) is 17.1 Å². The van der Waals surface area contributed by atoms with Crippen LogP contribution in [0.2, 0.25) is 20.1 Å². The average molecular weight is 1920 g/mol. The molecule has 9 aromatic carbocycles. The second-order valence-corrected chi connectivity index (χ2v) is 38.4. The van der Waals surface area contributed by atoms with Crippen molar-refractivity contribution in [3.8, 4) is 5.75 Å². The van der Waals surface area contributed by atoms with Crippen molar-refractivity contribution in [2.24, 2.45) is 0 Å². The Labute approximate surface area is 805 Å². The third-order valence-electron chi connectivity index (χ3n) is 21.9. The number of rotatable bonds is 12. The maximum atomic E-state index is 13.4. The minimum absolute atomic E-state index is 0.0295. The molecule has 132 heavy (non-hydrogen) atoms. The zero-order valence-electron chi connectivity index (χ0n) is 84.5. The van der Waals surface area contributed by atoms with Crippen molar-refractivity contribution >= 4 is 46.4 Å². The van der Waals surface area contributed by atoms with E-state index in [-0.39, 0.29) is 68.9 Å². The van der Waals surface area contributed by atoms with Crippen molar-refractivity contribution < 1.29 is 57.4 Å². The Hall–Kier alpha value is -8.60. The van der Waals surface area contributed by atoms with Crippen molar-refractivity contribution in [3.63, 3.8) is 0 Å². The van der Waals surface area contributed by atoms with Gasteiger partial charge in [0, 0.05) is 28.1 Å². The van der Waals surface area contributed by atoms with E-state index in [0.29, 0.717) is 57.2 Å². The van der Waals surface area contributed by atoms with E-state index in [2.05, 4.69) is 194 Å². The summed E-state index contributed by atoms with van der Waals surface area (Å²) < 4.78 is 157. The summed E-state index contributed by atoms with van der Waals surface area (Å²) in [5.41, 5.74) is 19.8. The lowest BCUT2D eigenvalue weighted by Crippen LogP contribution is -2.10. The number of methoxy groups -OCH3 is 1. The number of benzene rings is 9. The Bertz CT molecular complexity index is 4920. The summed E-state index contributed by atoms with van der Waals surface area (Å²) in [6, 6.07) is 52.4. The van der Waals surface area contributed by atoms with Crippen molar-refractivity contribution in [2.75, 3.05) is 7.11 Å². The van der Waals surface area contributed by atoms with Crippen LogP contribution in [0, 0.1) is 101 Å². The average Bonchev–Trinajstić information content (AvgIpc) is 0.831. The van der Waals surface area contributed by atoms with E-state index in [1.165, 1.54) is 113 Å². The number of halogens is 16. The van der Waals surface area contributed by atoms with Crippen LogP contribution >= 0.6 is 46.4 Å². The Morgan fingerprint density at radius 2 is 0.568 bits per heavy atom. The number of pyridine rings is 2. The van der Waals surface area contributed by atoms with E-state index in [9.17, 15) is 52.7 Å². The molecule has 0 aliphatic carbocycles. The van der Waals surface area contributed by atoms with Crippen molar-refractivity contribution in [1.29, 1.82) is 0 Å². The summed E-state index contributed by atoms with van der Waals surface area (Å²) >= 11 is 23.5. The molecule has 19 heteroatoms. The zero-order chi connectivity index (χ0) is 102. The first-order chi connectivity index (χ1) is 60.8. The Morgan fingerprint density at radius 1 is 0.250 bits per heavy atom. The van der Waals surface area contributed by atoms with Gasteiger partial charge in [-0.1, -0.05) is 320 Å². The second kappa shape index (κ2) is 57.3. The zero-order valence-corrected chi connectivity index (χ0v) is 87.5. The van der Waals surface area contributed by atoms with Gasteiger partial charge in [-0.15, -0.1) is 0 Å². The third-order valence-corrected chi connectivity index (χ3v) is 23.5. The van der Waals surface area contributed by atoms with Gasteiger partial charge in [0.05, 0.1) is 39.5 Å². The molecule has 0 saturated heterocycles. The standard InChI is InChI=1S/2C11H13F3.C11H16O.C11H16.2C10H12ClF.C10H13Cl.C10H12F3N.C10H13F.C10H14.C9H12ClN/c2*1-7(2)9-5-4-8(3)10(6-9)11(12,13)14;1-8(2)10-6-5-9(3)11(7-10)12-4;1-8(2)11-6-5-9(3)10(4)7-11;1-6(2)8-5-9(11)7(3)4-10(8)12;1-6(2)8-5-4-7(3)9(11)10(8)12;1-7(2)9-5-4-8(3)10(11)6-9;1-6(2)8-4-9(10(11,12)13)7(3)14-5-8;1-7(2)9-5-4-8(3)10(11)6-9;1-8(2)10-6-4-9(3)5-7-10;1-6(2)8-4-9(10)7(3)11-5-8/h2*4-7H,1-3H3;5-8H,1-4H3;5-8H,1-4H3;2*4-6H,1-3H3;4-7H,1-3H3;4-6H,1-3H3;4-7H,1-3H3;4-8H,1-3H3;4-6H,1-3H3. The molecule has 2 heterocycles. The van der Waals surface area contributed by atoms with Gasteiger partial charge >= 0.3 is 18.5 Å². The highest BCUT2D eigenvalue weighted by molar-refractivity contribution is 6.32. The lowest BCUT2D eigenvalue weighted by Gasteiger charge is -2.13. The van der Waals surface area contributed by atoms with Gasteiger partial charge in [0.15, 0.2) is 0 Å². The topological polar surface area (TPSA) is 35.0 Å². The predicted molar refractivity (Wildman–Crippen MR) is 540 cm³/mol. The maximum Gasteiger partial charge on any atom is 0.418 e. The van der Waals surface area contributed by atoms with Crippen LogP contribution in [0.15, 0.2) is 182 Å². The van der Waals surface area contributed by atoms with Crippen molar-refractivity contribution in [1.82, 2.24) is 9.97 Å². The molecular weight excluding hydrogens is 1770 g/mol. The first-order valence-corrected chi connectivity index (χ1v) is 46.5. The molecule has 0 N–H and O–H groups in total. The van der Waals surface area contributed by atoms with Gasteiger partial charge in [-0.05, 0) is 314 Å². The molecule has 0 unspecified atom stereocenters. The maximum absolute atomic E-state index is 13.4. The van der Waals surface area contributed by atoms with Crippen LogP contribution in [0.3, 0.4) is 0 Å². The highest BCUT2D eigenvalue weighted by Crippen LogP contribution is 2.38. The monoisotopic (exact) mass is 1910 g/mol. The fraction of sp³-hybridized carbons (Fsp3) is 0.434. The van der Waals surface area contributed by atoms with Crippen LogP contribution < -0.4 is 4.74 Å². The molecule has 0 saturated carbocycles. The lowest BCUT2D eigenvalue weighted by atomic mass is 9.98. The first kappa shape index (κ1) is 121. The van der Waals surface area contributed by atoms with Crippen molar-refractivity contribution in [3.05, 3.63) is 365 Å². The highest BCUT2D eigenvalue weighted by Gasteiger charge is 2.35.